The average molecular weight is 440 g/mol. The molecule has 156 valence electrons. The van der Waals surface area contributed by atoms with Crippen molar-refractivity contribution in [1.82, 2.24) is 9.71 Å². The van der Waals surface area contributed by atoms with E-state index in [0.717, 1.165) is 30.7 Å². The van der Waals surface area contributed by atoms with Gasteiger partial charge in [0, 0.05) is 12.1 Å². The molecule has 2 aromatic rings. The van der Waals surface area contributed by atoms with Gasteiger partial charge in [0.25, 0.3) is 15.9 Å². The van der Waals surface area contributed by atoms with Crippen LogP contribution in [-0.2, 0) is 20.0 Å². The van der Waals surface area contributed by atoms with Crippen LogP contribution in [0, 0.1) is 0 Å². The number of pyridine rings is 1. The number of hydrogen-bond acceptors (Lipinski definition) is 7. The summed E-state index contributed by atoms with van der Waals surface area (Å²) in [5, 5.41) is 5.08. The molecule has 0 spiro atoms. The summed E-state index contributed by atoms with van der Waals surface area (Å²) >= 11 is 0. The Hall–Kier alpha value is -2.50. The van der Waals surface area contributed by atoms with Crippen LogP contribution >= 0.6 is 0 Å². The van der Waals surface area contributed by atoms with Crippen molar-refractivity contribution in [3.8, 4) is 5.75 Å². The van der Waals surface area contributed by atoms with E-state index in [2.05, 4.69) is 4.98 Å². The lowest BCUT2D eigenvalue weighted by Crippen LogP contribution is -2.32. The first-order valence-corrected chi connectivity index (χ1v) is 11.9. The first kappa shape index (κ1) is 21.2. The number of carbonyl (C=O) groups excluding carboxylic acids is 1. The zero-order chi connectivity index (χ0) is 21.4. The minimum atomic E-state index is -4.50. The highest BCUT2D eigenvalue weighted by Crippen LogP contribution is 2.43. The minimum absolute atomic E-state index is 0.0262. The van der Waals surface area contributed by atoms with E-state index in [1.807, 2.05) is 18.6 Å². The number of benzene rings is 1. The van der Waals surface area contributed by atoms with Crippen molar-refractivity contribution in [2.24, 2.45) is 5.14 Å². The molecule has 0 bridgehead atoms. The zero-order valence-corrected chi connectivity index (χ0v) is 17.5. The van der Waals surface area contributed by atoms with E-state index in [9.17, 15) is 21.6 Å². The molecule has 1 aliphatic rings. The molecule has 0 aliphatic heterocycles. The normalized spacial score (nSPS) is 14.6. The largest absolute Gasteiger partial charge is 0.489 e. The lowest BCUT2D eigenvalue weighted by molar-refractivity contribution is 0.0980. The summed E-state index contributed by atoms with van der Waals surface area (Å²) in [5.74, 6) is -0.263. The van der Waals surface area contributed by atoms with Crippen LogP contribution in [0.5, 0.6) is 5.75 Å². The third kappa shape index (κ3) is 4.92. The van der Waals surface area contributed by atoms with Crippen molar-refractivity contribution in [3.05, 3.63) is 47.8 Å². The second-order valence-electron chi connectivity index (χ2n) is 6.97. The van der Waals surface area contributed by atoms with Crippen LogP contribution < -0.4 is 14.6 Å². The molecule has 0 atom stereocenters. The molecular weight excluding hydrogens is 418 g/mol. The van der Waals surface area contributed by atoms with Crippen LogP contribution in [0.25, 0.3) is 0 Å². The number of rotatable bonds is 7. The van der Waals surface area contributed by atoms with Crippen molar-refractivity contribution < 1.29 is 26.4 Å². The predicted octanol–water partition coefficient (Wildman–Crippen LogP) is 1.51. The summed E-state index contributed by atoms with van der Waals surface area (Å²) in [4.78, 5) is 15.6. The molecule has 1 aliphatic carbocycles. The van der Waals surface area contributed by atoms with Crippen molar-refractivity contribution in [3.63, 3.8) is 0 Å². The van der Waals surface area contributed by atoms with Crippen LogP contribution in [0.4, 0.5) is 0 Å². The molecule has 0 saturated heterocycles. The molecule has 1 amide bonds. The molecule has 29 heavy (non-hydrogen) atoms. The Morgan fingerprint density at radius 2 is 1.79 bits per heavy atom. The molecule has 1 aromatic carbocycles. The monoisotopic (exact) mass is 439 g/mol. The smallest absolute Gasteiger partial charge is 0.266 e. The maximum absolute atomic E-state index is 12.6. The molecule has 1 saturated carbocycles. The molecule has 0 radical (unpaired) electrons. The second-order valence-corrected chi connectivity index (χ2v) is 10.2. The van der Waals surface area contributed by atoms with E-state index in [-0.39, 0.29) is 17.6 Å². The van der Waals surface area contributed by atoms with Crippen LogP contribution in [0.15, 0.2) is 46.3 Å². The molecule has 3 rings (SSSR count). The highest BCUT2D eigenvalue weighted by molar-refractivity contribution is 7.92. The summed E-state index contributed by atoms with van der Waals surface area (Å²) < 4.78 is 56.2. The number of sulfonamides is 2. The Kier molecular flexibility index (Phi) is 5.65. The maximum Gasteiger partial charge on any atom is 0.266 e. The predicted molar refractivity (Wildman–Crippen MR) is 104 cm³/mol. The fourth-order valence-corrected chi connectivity index (χ4v) is 5.09. The summed E-state index contributed by atoms with van der Waals surface area (Å²) in [6, 6.07) is 6.20. The van der Waals surface area contributed by atoms with Gasteiger partial charge in [-0.05, 0) is 44.9 Å². The highest BCUT2D eigenvalue weighted by atomic mass is 32.2. The highest BCUT2D eigenvalue weighted by Gasteiger charge is 2.30. The topological polar surface area (TPSA) is 146 Å². The van der Waals surface area contributed by atoms with E-state index < -0.39 is 35.7 Å². The Balaban J connectivity index is 1.92. The van der Waals surface area contributed by atoms with E-state index in [1.54, 1.807) is 0 Å². The number of nitrogens with zero attached hydrogens (tertiary/aromatic N) is 1. The number of nitrogens with one attached hydrogen (secondary N) is 1. The van der Waals surface area contributed by atoms with Crippen molar-refractivity contribution >= 4 is 26.0 Å². The number of nitrogens with two attached hydrogens (primary N) is 1. The standard InChI is InChI=1S/C18H21N3O6S2/c1-11(2)27-14-9-13(10-20-17(14)12-7-8-12)18(22)21-29(25,26)16-6-4-3-5-15(16)28(19,23)24/h3-6,9-12H,7-8H2,1-2H3,(H,21,22)(H2,19,23,24). The van der Waals surface area contributed by atoms with Gasteiger partial charge in [0.15, 0.2) is 0 Å². The van der Waals surface area contributed by atoms with E-state index >= 15 is 0 Å². The quantitative estimate of drug-likeness (QED) is 0.665. The minimum Gasteiger partial charge on any atom is -0.489 e. The Bertz CT molecular complexity index is 1160. The number of ether oxygens (including phenoxy) is 1. The number of amides is 1. The van der Waals surface area contributed by atoms with Crippen LogP contribution in [0.3, 0.4) is 0 Å². The number of aromatic nitrogens is 1. The molecule has 11 heteroatoms. The van der Waals surface area contributed by atoms with Crippen molar-refractivity contribution in [2.75, 3.05) is 0 Å². The third-order valence-electron chi connectivity index (χ3n) is 4.14. The van der Waals surface area contributed by atoms with Gasteiger partial charge in [0.05, 0.1) is 17.4 Å². The lowest BCUT2D eigenvalue weighted by atomic mass is 10.2. The van der Waals surface area contributed by atoms with E-state index in [1.165, 1.54) is 24.4 Å². The van der Waals surface area contributed by atoms with Gasteiger partial charge in [-0.25, -0.2) is 26.7 Å². The summed E-state index contributed by atoms with van der Waals surface area (Å²) in [5.41, 5.74) is 0.708. The summed E-state index contributed by atoms with van der Waals surface area (Å²) in [7, 11) is -8.81. The third-order valence-corrected chi connectivity index (χ3v) is 6.63. The van der Waals surface area contributed by atoms with Crippen LogP contribution in [0.2, 0.25) is 0 Å². The summed E-state index contributed by atoms with van der Waals surface area (Å²) in [6.07, 6.45) is 3.08. The fraction of sp³-hybridized carbons (Fsp3) is 0.333. The van der Waals surface area contributed by atoms with Gasteiger partial charge >= 0.3 is 0 Å². The van der Waals surface area contributed by atoms with Gasteiger partial charge in [-0.15, -0.1) is 0 Å². The number of carbonyl (C=O) groups is 1. The van der Waals surface area contributed by atoms with Gasteiger partial charge in [-0.2, -0.15) is 0 Å². The first-order valence-electron chi connectivity index (χ1n) is 8.84. The molecule has 3 N–H and O–H groups in total. The molecular formula is C18H21N3O6S2. The Labute approximate surface area is 169 Å². The van der Waals surface area contributed by atoms with Gasteiger partial charge < -0.3 is 4.74 Å². The maximum atomic E-state index is 12.6. The molecule has 1 heterocycles. The van der Waals surface area contributed by atoms with Crippen LogP contribution in [0.1, 0.15) is 48.7 Å². The molecule has 9 nitrogen and oxygen atoms in total. The average Bonchev–Trinajstić information content (AvgIpc) is 3.45. The number of hydrogen-bond donors (Lipinski definition) is 2. The Morgan fingerprint density at radius 3 is 2.34 bits per heavy atom. The fourth-order valence-electron chi connectivity index (χ4n) is 2.73. The van der Waals surface area contributed by atoms with Crippen molar-refractivity contribution in [2.45, 2.75) is 48.5 Å². The second kappa shape index (κ2) is 7.73. The first-order chi connectivity index (χ1) is 13.5. The molecule has 1 fully saturated rings. The zero-order valence-electron chi connectivity index (χ0n) is 15.8. The van der Waals surface area contributed by atoms with Gasteiger partial charge in [0.2, 0.25) is 10.0 Å². The summed E-state index contributed by atoms with van der Waals surface area (Å²) in [6.45, 7) is 3.66. The van der Waals surface area contributed by atoms with Crippen molar-refractivity contribution in [1.29, 1.82) is 0 Å². The van der Waals surface area contributed by atoms with Gasteiger partial charge in [-0.3, -0.25) is 9.78 Å². The van der Waals surface area contributed by atoms with Gasteiger partial charge in [0.1, 0.15) is 15.5 Å². The van der Waals surface area contributed by atoms with E-state index in [4.69, 9.17) is 9.88 Å². The van der Waals surface area contributed by atoms with E-state index in [0.29, 0.717) is 5.75 Å². The van der Waals surface area contributed by atoms with Gasteiger partial charge in [-0.1, -0.05) is 12.1 Å². The SMILES string of the molecule is CC(C)Oc1cc(C(=O)NS(=O)(=O)c2ccccc2S(N)(=O)=O)cnc1C1CC1. The lowest BCUT2D eigenvalue weighted by Gasteiger charge is -2.15. The molecule has 0 unspecified atom stereocenters. The molecule has 1 aromatic heterocycles. The number of primary sulfonamides is 1. The van der Waals surface area contributed by atoms with Crippen LogP contribution in [-0.4, -0.2) is 33.8 Å². The Morgan fingerprint density at radius 1 is 1.17 bits per heavy atom.